The molecule has 37 heavy (non-hydrogen) atoms. The molecule has 0 spiro atoms. The van der Waals surface area contributed by atoms with E-state index in [4.69, 9.17) is 0 Å². The molecule has 0 bridgehead atoms. The van der Waals surface area contributed by atoms with Crippen LogP contribution in [0.25, 0.3) is 78.6 Å². The molecule has 0 N–H and O–H groups in total. The fourth-order valence-corrected chi connectivity index (χ4v) is 8.51. The first-order valence-corrected chi connectivity index (χ1v) is 14.2. The Balaban J connectivity index is 1.47. The van der Waals surface area contributed by atoms with Gasteiger partial charge in [0, 0.05) is 46.4 Å². The molecule has 0 aliphatic rings. The molecule has 3 aromatic heterocycles. The van der Waals surface area contributed by atoms with Crippen molar-refractivity contribution in [3.8, 4) is 5.69 Å². The molecular weight excluding hydrogens is 487 g/mol. The molecule has 0 atom stereocenters. The van der Waals surface area contributed by atoms with E-state index in [0.29, 0.717) is 0 Å². The van der Waals surface area contributed by atoms with Crippen LogP contribution in [0.4, 0.5) is 0 Å². The summed E-state index contributed by atoms with van der Waals surface area (Å²) in [7, 11) is 0. The molecule has 0 radical (unpaired) electrons. The number of thiophene rings is 2. The van der Waals surface area contributed by atoms with Crippen LogP contribution in [0.5, 0.6) is 0 Å². The summed E-state index contributed by atoms with van der Waals surface area (Å²) < 4.78 is 7.86. The van der Waals surface area contributed by atoms with E-state index in [1.807, 2.05) is 22.7 Å². The zero-order valence-corrected chi connectivity index (χ0v) is 21.4. The third kappa shape index (κ3) is 2.63. The maximum Gasteiger partial charge on any atom is 0.0640 e. The third-order valence-electron chi connectivity index (χ3n) is 7.77. The molecule has 172 valence electrons. The molecular formula is C34H19NS2. The second-order valence-electron chi connectivity index (χ2n) is 9.73. The van der Waals surface area contributed by atoms with Gasteiger partial charge in [0.1, 0.15) is 0 Å². The van der Waals surface area contributed by atoms with Gasteiger partial charge >= 0.3 is 0 Å². The highest BCUT2D eigenvalue weighted by Gasteiger charge is 2.18. The fourth-order valence-electron chi connectivity index (χ4n) is 6.18. The second kappa shape index (κ2) is 7.19. The van der Waals surface area contributed by atoms with Gasteiger partial charge in [-0.3, -0.25) is 0 Å². The van der Waals surface area contributed by atoms with Crippen molar-refractivity contribution in [3.05, 3.63) is 115 Å². The Morgan fingerprint density at radius 3 is 2.05 bits per heavy atom. The maximum absolute atomic E-state index is 2.48. The summed E-state index contributed by atoms with van der Waals surface area (Å²) in [6.07, 6.45) is 0. The van der Waals surface area contributed by atoms with Crippen LogP contribution < -0.4 is 0 Å². The molecule has 0 amide bonds. The molecule has 6 aromatic carbocycles. The van der Waals surface area contributed by atoms with Crippen molar-refractivity contribution in [1.29, 1.82) is 0 Å². The van der Waals surface area contributed by atoms with Crippen molar-refractivity contribution >= 4 is 95.6 Å². The fraction of sp³-hybridized carbons (Fsp3) is 0. The number of rotatable bonds is 1. The van der Waals surface area contributed by atoms with Crippen molar-refractivity contribution < 1.29 is 0 Å². The summed E-state index contributed by atoms with van der Waals surface area (Å²) in [6.45, 7) is 0. The summed E-state index contributed by atoms with van der Waals surface area (Å²) in [6, 6.07) is 42.6. The van der Waals surface area contributed by atoms with E-state index < -0.39 is 0 Å². The van der Waals surface area contributed by atoms with Crippen LogP contribution in [0, 0.1) is 0 Å². The van der Waals surface area contributed by atoms with Crippen LogP contribution in [0.15, 0.2) is 115 Å². The molecule has 9 rings (SSSR count). The lowest BCUT2D eigenvalue weighted by Crippen LogP contribution is -1.93. The molecule has 0 saturated heterocycles. The van der Waals surface area contributed by atoms with Gasteiger partial charge in [0.05, 0.1) is 21.4 Å². The quantitative estimate of drug-likeness (QED) is 0.209. The standard InChI is InChI=1S/C34H19NS2/c1-4-12-27-21(8-1)26-19-25-20(16-17-32-33(25)24-10-3-6-15-31(24)36-32)18-29(26)35(27)28-13-7-11-23-22-9-2-5-14-30(22)37-34(23)28/h1-19H. The zero-order chi connectivity index (χ0) is 24.1. The Morgan fingerprint density at radius 2 is 1.16 bits per heavy atom. The van der Waals surface area contributed by atoms with Crippen LogP contribution in [-0.4, -0.2) is 4.57 Å². The monoisotopic (exact) mass is 505 g/mol. The average Bonchev–Trinajstić information content (AvgIpc) is 3.61. The topological polar surface area (TPSA) is 4.93 Å². The van der Waals surface area contributed by atoms with E-state index in [0.717, 1.165) is 0 Å². The van der Waals surface area contributed by atoms with Gasteiger partial charge in [-0.05, 0) is 53.2 Å². The number of benzene rings is 6. The van der Waals surface area contributed by atoms with Crippen molar-refractivity contribution in [2.75, 3.05) is 0 Å². The normalized spacial score (nSPS) is 12.3. The lowest BCUT2D eigenvalue weighted by atomic mass is 10.0. The molecule has 0 aliphatic heterocycles. The van der Waals surface area contributed by atoms with E-state index in [2.05, 4.69) is 120 Å². The van der Waals surface area contributed by atoms with E-state index in [1.54, 1.807) is 0 Å². The minimum atomic E-state index is 1.25. The predicted molar refractivity (Wildman–Crippen MR) is 164 cm³/mol. The number of hydrogen-bond acceptors (Lipinski definition) is 2. The van der Waals surface area contributed by atoms with Crippen molar-refractivity contribution in [2.45, 2.75) is 0 Å². The molecule has 0 fully saturated rings. The van der Waals surface area contributed by atoms with Crippen molar-refractivity contribution in [1.82, 2.24) is 4.57 Å². The lowest BCUT2D eigenvalue weighted by molar-refractivity contribution is 1.20. The van der Waals surface area contributed by atoms with Gasteiger partial charge in [-0.2, -0.15) is 0 Å². The summed E-state index contributed by atoms with van der Waals surface area (Å²) >= 11 is 3.78. The highest BCUT2D eigenvalue weighted by atomic mass is 32.1. The first-order chi connectivity index (χ1) is 18.3. The first kappa shape index (κ1) is 19.9. The van der Waals surface area contributed by atoms with Gasteiger partial charge in [-0.1, -0.05) is 72.8 Å². The van der Waals surface area contributed by atoms with Gasteiger partial charge < -0.3 is 4.57 Å². The first-order valence-electron chi connectivity index (χ1n) is 12.5. The SMILES string of the molecule is c1ccc2c(c1)sc1c(-n3c4ccccc4c4cc5c(ccc6sc7ccccc7c65)cc43)cccc12. The largest absolute Gasteiger partial charge is 0.308 e. The van der Waals surface area contributed by atoms with Crippen molar-refractivity contribution in [3.63, 3.8) is 0 Å². The van der Waals surface area contributed by atoms with E-state index >= 15 is 0 Å². The summed E-state index contributed by atoms with van der Waals surface area (Å²) in [4.78, 5) is 0. The van der Waals surface area contributed by atoms with Crippen LogP contribution in [0.3, 0.4) is 0 Å². The summed E-state index contributed by atoms with van der Waals surface area (Å²) in [5.74, 6) is 0. The van der Waals surface area contributed by atoms with Gasteiger partial charge in [0.2, 0.25) is 0 Å². The summed E-state index contributed by atoms with van der Waals surface area (Å²) in [5.41, 5.74) is 3.77. The van der Waals surface area contributed by atoms with Crippen LogP contribution in [0.2, 0.25) is 0 Å². The summed E-state index contributed by atoms with van der Waals surface area (Å²) in [5, 5.41) is 10.6. The molecule has 9 aromatic rings. The van der Waals surface area contributed by atoms with Crippen LogP contribution >= 0.6 is 22.7 Å². The van der Waals surface area contributed by atoms with Crippen molar-refractivity contribution in [2.24, 2.45) is 0 Å². The van der Waals surface area contributed by atoms with Gasteiger partial charge in [0.25, 0.3) is 0 Å². The Kier molecular flexibility index (Phi) is 3.88. The minimum Gasteiger partial charge on any atom is -0.308 e. The highest BCUT2D eigenvalue weighted by molar-refractivity contribution is 7.26. The number of aromatic nitrogens is 1. The lowest BCUT2D eigenvalue weighted by Gasteiger charge is -2.10. The minimum absolute atomic E-state index is 1.25. The number of fused-ring (bicyclic) bond motifs is 11. The predicted octanol–water partition coefficient (Wildman–Crippen LogP) is 10.7. The Bertz CT molecular complexity index is 2360. The Labute approximate surface area is 220 Å². The number of hydrogen-bond donors (Lipinski definition) is 0. The van der Waals surface area contributed by atoms with E-state index in [-0.39, 0.29) is 0 Å². The molecule has 3 heterocycles. The van der Waals surface area contributed by atoms with E-state index in [1.165, 1.54) is 78.6 Å². The Hall–Kier alpha value is -4.18. The molecule has 0 saturated carbocycles. The van der Waals surface area contributed by atoms with Gasteiger partial charge in [-0.25, -0.2) is 0 Å². The Morgan fingerprint density at radius 1 is 0.432 bits per heavy atom. The number of nitrogens with zero attached hydrogens (tertiary/aromatic N) is 1. The number of para-hydroxylation sites is 1. The third-order valence-corrected chi connectivity index (χ3v) is 10.1. The van der Waals surface area contributed by atoms with Crippen LogP contribution in [0.1, 0.15) is 0 Å². The zero-order valence-electron chi connectivity index (χ0n) is 19.7. The molecule has 0 aliphatic carbocycles. The smallest absolute Gasteiger partial charge is 0.0640 e. The average molecular weight is 506 g/mol. The molecule has 3 heteroatoms. The van der Waals surface area contributed by atoms with Crippen LogP contribution in [-0.2, 0) is 0 Å². The molecule has 0 unspecified atom stereocenters. The second-order valence-corrected chi connectivity index (χ2v) is 11.9. The highest BCUT2D eigenvalue weighted by Crippen LogP contribution is 2.44. The van der Waals surface area contributed by atoms with Gasteiger partial charge in [-0.15, -0.1) is 22.7 Å². The maximum atomic E-state index is 2.48. The van der Waals surface area contributed by atoms with Gasteiger partial charge in [0.15, 0.2) is 0 Å². The van der Waals surface area contributed by atoms with E-state index in [9.17, 15) is 0 Å². The molecule has 1 nitrogen and oxygen atoms in total.